The Bertz CT molecular complexity index is 472. The second-order valence-electron chi connectivity index (χ2n) is 6.03. The third-order valence-corrected chi connectivity index (χ3v) is 4.05. The molecule has 0 bridgehead atoms. The van der Waals surface area contributed by atoms with Gasteiger partial charge >= 0.3 is 7.12 Å². The van der Waals surface area contributed by atoms with Gasteiger partial charge in [0.15, 0.2) is 0 Å². The van der Waals surface area contributed by atoms with Crippen molar-refractivity contribution in [3.8, 4) is 6.07 Å². The lowest BCUT2D eigenvalue weighted by molar-refractivity contribution is 0.00578. The highest BCUT2D eigenvalue weighted by atomic mass is 16.7. The summed E-state index contributed by atoms with van der Waals surface area (Å²) < 4.78 is 11.9. The van der Waals surface area contributed by atoms with E-state index in [1.54, 1.807) is 0 Å². The van der Waals surface area contributed by atoms with Gasteiger partial charge in [0.1, 0.15) is 0 Å². The van der Waals surface area contributed by atoms with E-state index in [1.165, 1.54) is 5.56 Å². The quantitative estimate of drug-likeness (QED) is 0.781. The molecule has 4 heteroatoms. The van der Waals surface area contributed by atoms with Gasteiger partial charge in [-0.2, -0.15) is 5.26 Å². The standard InChI is InChI=1S/C15H20BNO2/c1-14(2)15(3,4)19-16(18-14)10-9-12-5-7-13(11-17)8-6-12/h5-8H,9-10H2,1-4H3. The molecule has 0 unspecified atom stereocenters. The van der Waals surface area contributed by atoms with E-state index in [2.05, 4.69) is 33.8 Å². The zero-order valence-electron chi connectivity index (χ0n) is 12.1. The summed E-state index contributed by atoms with van der Waals surface area (Å²) in [6.07, 6.45) is 1.72. The summed E-state index contributed by atoms with van der Waals surface area (Å²) in [4.78, 5) is 0. The molecule has 1 fully saturated rings. The summed E-state index contributed by atoms with van der Waals surface area (Å²) in [5.41, 5.74) is 1.37. The molecule has 1 saturated heterocycles. The molecule has 0 N–H and O–H groups in total. The maximum atomic E-state index is 8.76. The van der Waals surface area contributed by atoms with Crippen LogP contribution in [0.1, 0.15) is 38.8 Å². The number of hydrogen-bond acceptors (Lipinski definition) is 3. The van der Waals surface area contributed by atoms with E-state index >= 15 is 0 Å². The first-order valence-electron chi connectivity index (χ1n) is 6.69. The Morgan fingerprint density at radius 1 is 1.05 bits per heavy atom. The van der Waals surface area contributed by atoms with E-state index in [0.717, 1.165) is 12.7 Å². The maximum Gasteiger partial charge on any atom is 0.458 e. The van der Waals surface area contributed by atoms with Crippen molar-refractivity contribution in [3.63, 3.8) is 0 Å². The molecule has 100 valence electrons. The Morgan fingerprint density at radius 2 is 1.58 bits per heavy atom. The third kappa shape index (κ3) is 2.99. The molecule has 1 aliphatic rings. The molecule has 0 spiro atoms. The zero-order valence-corrected chi connectivity index (χ0v) is 12.1. The van der Waals surface area contributed by atoms with Crippen molar-refractivity contribution in [1.29, 1.82) is 5.26 Å². The minimum atomic E-state index is -0.262. The normalized spacial score (nSPS) is 20.3. The zero-order chi connectivity index (χ0) is 14.1. The summed E-state index contributed by atoms with van der Waals surface area (Å²) in [5, 5.41) is 8.76. The first-order valence-corrected chi connectivity index (χ1v) is 6.69. The molecule has 3 nitrogen and oxygen atoms in total. The molecule has 0 aliphatic carbocycles. The monoisotopic (exact) mass is 257 g/mol. The number of nitriles is 1. The fourth-order valence-corrected chi connectivity index (χ4v) is 2.11. The summed E-state index contributed by atoms with van der Waals surface area (Å²) in [6, 6.07) is 9.80. The predicted molar refractivity (Wildman–Crippen MR) is 75.8 cm³/mol. The van der Waals surface area contributed by atoms with Crippen LogP contribution < -0.4 is 0 Å². The van der Waals surface area contributed by atoms with Crippen molar-refractivity contribution < 1.29 is 9.31 Å². The average molecular weight is 257 g/mol. The summed E-state index contributed by atoms with van der Waals surface area (Å²) in [6.45, 7) is 8.26. The molecular weight excluding hydrogens is 237 g/mol. The molecule has 1 heterocycles. The van der Waals surface area contributed by atoms with E-state index in [0.29, 0.717) is 5.56 Å². The molecule has 0 saturated carbocycles. The topological polar surface area (TPSA) is 42.2 Å². The van der Waals surface area contributed by atoms with Crippen molar-refractivity contribution >= 4 is 7.12 Å². The second-order valence-corrected chi connectivity index (χ2v) is 6.03. The van der Waals surface area contributed by atoms with Gasteiger partial charge in [-0.15, -0.1) is 0 Å². The van der Waals surface area contributed by atoms with E-state index in [-0.39, 0.29) is 18.3 Å². The van der Waals surface area contributed by atoms with Crippen LogP contribution in [0.3, 0.4) is 0 Å². The largest absolute Gasteiger partial charge is 0.458 e. The molecule has 1 aliphatic heterocycles. The molecule has 0 radical (unpaired) electrons. The first-order chi connectivity index (χ1) is 8.84. The number of aryl methyl sites for hydroxylation is 1. The van der Waals surface area contributed by atoms with Crippen molar-refractivity contribution in [1.82, 2.24) is 0 Å². The summed E-state index contributed by atoms with van der Waals surface area (Å²) in [5.74, 6) is 0. The highest BCUT2D eigenvalue weighted by Crippen LogP contribution is 2.37. The Labute approximate surface area is 115 Å². The van der Waals surface area contributed by atoms with Gasteiger partial charge in [-0.25, -0.2) is 0 Å². The lowest BCUT2D eigenvalue weighted by atomic mass is 9.81. The van der Waals surface area contributed by atoms with Gasteiger partial charge in [-0.05, 0) is 58.1 Å². The molecule has 2 rings (SSSR count). The van der Waals surface area contributed by atoms with Crippen LogP contribution in [0.25, 0.3) is 0 Å². The lowest BCUT2D eigenvalue weighted by Crippen LogP contribution is -2.41. The Balaban J connectivity index is 1.92. The molecule has 19 heavy (non-hydrogen) atoms. The molecular formula is C15H20BNO2. The van der Waals surface area contributed by atoms with Crippen molar-refractivity contribution in [2.75, 3.05) is 0 Å². The van der Waals surface area contributed by atoms with Gasteiger partial charge in [-0.1, -0.05) is 12.1 Å². The van der Waals surface area contributed by atoms with Gasteiger partial charge in [0, 0.05) is 0 Å². The summed E-state index contributed by atoms with van der Waals surface area (Å²) >= 11 is 0. The van der Waals surface area contributed by atoms with Crippen molar-refractivity contribution in [3.05, 3.63) is 35.4 Å². The minimum Gasteiger partial charge on any atom is -0.403 e. The number of benzene rings is 1. The van der Waals surface area contributed by atoms with Gasteiger partial charge in [-0.3, -0.25) is 0 Å². The van der Waals surface area contributed by atoms with Gasteiger partial charge < -0.3 is 9.31 Å². The molecule has 1 aromatic rings. The van der Waals surface area contributed by atoms with Crippen molar-refractivity contribution in [2.45, 2.75) is 51.6 Å². The van der Waals surface area contributed by atoms with Crippen LogP contribution in [-0.4, -0.2) is 18.3 Å². The average Bonchev–Trinajstić information content (AvgIpc) is 2.56. The van der Waals surface area contributed by atoms with E-state index in [9.17, 15) is 0 Å². The third-order valence-electron chi connectivity index (χ3n) is 4.05. The van der Waals surface area contributed by atoms with Crippen LogP contribution in [0, 0.1) is 11.3 Å². The number of nitrogens with zero attached hydrogens (tertiary/aromatic N) is 1. The second kappa shape index (κ2) is 4.99. The molecule has 1 aromatic carbocycles. The minimum absolute atomic E-state index is 0.152. The number of rotatable bonds is 3. The maximum absolute atomic E-state index is 8.76. The first kappa shape index (κ1) is 14.1. The fraction of sp³-hybridized carbons (Fsp3) is 0.533. The number of hydrogen-bond donors (Lipinski definition) is 0. The van der Waals surface area contributed by atoms with Crippen LogP contribution in [0.5, 0.6) is 0 Å². The van der Waals surface area contributed by atoms with Crippen LogP contribution in [0.2, 0.25) is 6.32 Å². The van der Waals surface area contributed by atoms with Crippen LogP contribution in [0.15, 0.2) is 24.3 Å². The van der Waals surface area contributed by atoms with Gasteiger partial charge in [0.2, 0.25) is 0 Å². The van der Waals surface area contributed by atoms with Gasteiger partial charge in [0.25, 0.3) is 0 Å². The highest BCUT2D eigenvalue weighted by Gasteiger charge is 2.50. The van der Waals surface area contributed by atoms with Gasteiger partial charge in [0.05, 0.1) is 22.8 Å². The predicted octanol–water partition coefficient (Wildman–Crippen LogP) is 3.19. The SMILES string of the molecule is CC1(C)OB(CCc2ccc(C#N)cc2)OC1(C)C. The van der Waals surface area contributed by atoms with E-state index in [4.69, 9.17) is 14.6 Å². The van der Waals surface area contributed by atoms with E-state index < -0.39 is 0 Å². The van der Waals surface area contributed by atoms with Crippen molar-refractivity contribution in [2.24, 2.45) is 0 Å². The van der Waals surface area contributed by atoms with Crippen LogP contribution >= 0.6 is 0 Å². The van der Waals surface area contributed by atoms with Crippen LogP contribution in [0.4, 0.5) is 0 Å². The fourth-order valence-electron chi connectivity index (χ4n) is 2.11. The Hall–Kier alpha value is -1.31. The highest BCUT2D eigenvalue weighted by molar-refractivity contribution is 6.45. The lowest BCUT2D eigenvalue weighted by Gasteiger charge is -2.32. The smallest absolute Gasteiger partial charge is 0.403 e. The Kier molecular flexibility index (Phi) is 3.71. The molecule has 0 atom stereocenters. The molecule has 0 amide bonds. The van der Waals surface area contributed by atoms with Crippen LogP contribution in [-0.2, 0) is 15.7 Å². The summed E-state index contributed by atoms with van der Waals surface area (Å²) in [7, 11) is -0.152. The molecule has 0 aromatic heterocycles. The Morgan fingerprint density at radius 3 is 2.05 bits per heavy atom. The van der Waals surface area contributed by atoms with E-state index in [1.807, 2.05) is 24.3 Å².